The molecule has 0 saturated heterocycles. The van der Waals surface area contributed by atoms with Crippen LogP contribution in [0.3, 0.4) is 0 Å². The van der Waals surface area contributed by atoms with Gasteiger partial charge in [-0.15, -0.1) is 0 Å². The minimum Gasteiger partial charge on any atom is -0.492 e. The standard InChI is InChI=1S/C20H23NO/c1-3-5-6-17-7-9-18(10-8-17)11-12-19-13-14-20(16-21-19)22-15-4-2/h7-10,13-14,16H,3-6,15H2,1-2H3. The van der Waals surface area contributed by atoms with Crippen molar-refractivity contribution >= 4 is 0 Å². The van der Waals surface area contributed by atoms with Gasteiger partial charge in [0.25, 0.3) is 0 Å². The largest absolute Gasteiger partial charge is 0.492 e. The first-order chi connectivity index (χ1) is 10.8. The predicted octanol–water partition coefficient (Wildman–Crippen LogP) is 4.61. The average molecular weight is 293 g/mol. The highest BCUT2D eigenvalue weighted by Crippen LogP contribution is 2.10. The summed E-state index contributed by atoms with van der Waals surface area (Å²) in [5, 5.41) is 0. The smallest absolute Gasteiger partial charge is 0.137 e. The van der Waals surface area contributed by atoms with Gasteiger partial charge < -0.3 is 4.74 Å². The Balaban J connectivity index is 1.97. The van der Waals surface area contributed by atoms with Crippen molar-refractivity contribution in [2.75, 3.05) is 6.61 Å². The molecule has 0 aliphatic rings. The van der Waals surface area contributed by atoms with Crippen LogP contribution < -0.4 is 4.74 Å². The minimum absolute atomic E-state index is 0.719. The number of hydrogen-bond acceptors (Lipinski definition) is 2. The molecular formula is C20H23NO. The number of aryl methyl sites for hydroxylation is 1. The molecule has 22 heavy (non-hydrogen) atoms. The molecular weight excluding hydrogens is 270 g/mol. The van der Waals surface area contributed by atoms with Crippen molar-refractivity contribution < 1.29 is 4.74 Å². The summed E-state index contributed by atoms with van der Waals surface area (Å²) in [6.07, 6.45) is 6.33. The molecule has 1 heterocycles. The number of pyridine rings is 1. The van der Waals surface area contributed by atoms with Gasteiger partial charge in [-0.1, -0.05) is 38.3 Å². The maximum Gasteiger partial charge on any atom is 0.137 e. The predicted molar refractivity (Wildman–Crippen MR) is 91.1 cm³/mol. The Morgan fingerprint density at radius 1 is 0.955 bits per heavy atom. The summed E-state index contributed by atoms with van der Waals surface area (Å²) in [5.74, 6) is 7.04. The van der Waals surface area contributed by atoms with Gasteiger partial charge in [0, 0.05) is 5.56 Å². The Morgan fingerprint density at radius 3 is 2.41 bits per heavy atom. The van der Waals surface area contributed by atoms with E-state index in [1.807, 2.05) is 12.1 Å². The van der Waals surface area contributed by atoms with E-state index >= 15 is 0 Å². The van der Waals surface area contributed by atoms with Crippen molar-refractivity contribution in [1.29, 1.82) is 0 Å². The molecule has 2 rings (SSSR count). The Morgan fingerprint density at radius 2 is 1.77 bits per heavy atom. The fourth-order valence-corrected chi connectivity index (χ4v) is 2.03. The molecule has 2 heteroatoms. The summed E-state index contributed by atoms with van der Waals surface area (Å²) in [5.41, 5.74) is 3.16. The van der Waals surface area contributed by atoms with E-state index in [2.05, 4.69) is 54.9 Å². The summed E-state index contributed by atoms with van der Waals surface area (Å²) < 4.78 is 5.51. The molecule has 2 nitrogen and oxygen atoms in total. The first-order valence-electron chi connectivity index (χ1n) is 8.01. The van der Waals surface area contributed by atoms with Crippen molar-refractivity contribution in [3.63, 3.8) is 0 Å². The molecule has 1 aromatic heterocycles. The van der Waals surface area contributed by atoms with Gasteiger partial charge in [-0.2, -0.15) is 0 Å². The number of unbranched alkanes of at least 4 members (excludes halogenated alkanes) is 1. The highest BCUT2D eigenvalue weighted by Gasteiger charge is 1.95. The third kappa shape index (κ3) is 5.26. The second kappa shape index (κ2) is 8.89. The van der Waals surface area contributed by atoms with Gasteiger partial charge in [0.05, 0.1) is 12.8 Å². The molecule has 0 aliphatic heterocycles. The molecule has 2 aromatic rings. The average Bonchev–Trinajstić information content (AvgIpc) is 2.58. The second-order valence-corrected chi connectivity index (χ2v) is 5.28. The summed E-state index contributed by atoms with van der Waals surface area (Å²) >= 11 is 0. The topological polar surface area (TPSA) is 22.1 Å². The molecule has 114 valence electrons. The lowest BCUT2D eigenvalue weighted by Gasteiger charge is -2.02. The summed E-state index contributed by atoms with van der Waals surface area (Å²) in [6, 6.07) is 12.3. The Hall–Kier alpha value is -2.27. The maximum absolute atomic E-state index is 5.51. The monoisotopic (exact) mass is 293 g/mol. The van der Waals surface area contributed by atoms with Crippen molar-refractivity contribution in [1.82, 2.24) is 4.98 Å². The number of ether oxygens (including phenoxy) is 1. The molecule has 0 aliphatic carbocycles. The highest BCUT2D eigenvalue weighted by molar-refractivity contribution is 5.41. The molecule has 0 N–H and O–H groups in total. The second-order valence-electron chi connectivity index (χ2n) is 5.28. The van der Waals surface area contributed by atoms with E-state index in [9.17, 15) is 0 Å². The summed E-state index contributed by atoms with van der Waals surface area (Å²) in [6.45, 7) is 5.02. The van der Waals surface area contributed by atoms with Crippen LogP contribution in [0.5, 0.6) is 5.75 Å². The molecule has 0 atom stereocenters. The summed E-state index contributed by atoms with van der Waals surface area (Å²) in [7, 11) is 0. The number of aromatic nitrogens is 1. The van der Waals surface area contributed by atoms with Crippen LogP contribution in [0.4, 0.5) is 0 Å². The number of rotatable bonds is 6. The van der Waals surface area contributed by atoms with Gasteiger partial charge in [-0.3, -0.25) is 0 Å². The SMILES string of the molecule is CCCCc1ccc(C#Cc2ccc(OCCC)cn2)cc1. The molecule has 0 spiro atoms. The first kappa shape index (κ1) is 16.1. The Bertz CT molecular complexity index is 562. The molecule has 0 saturated carbocycles. The zero-order chi connectivity index (χ0) is 15.6. The van der Waals surface area contributed by atoms with Gasteiger partial charge in [-0.25, -0.2) is 4.98 Å². The minimum atomic E-state index is 0.719. The normalized spacial score (nSPS) is 9.91. The Labute approximate surface area is 133 Å². The quantitative estimate of drug-likeness (QED) is 0.725. The van der Waals surface area contributed by atoms with E-state index < -0.39 is 0 Å². The number of nitrogens with zero attached hydrogens (tertiary/aromatic N) is 1. The van der Waals surface area contributed by atoms with E-state index in [1.54, 1.807) is 6.20 Å². The maximum atomic E-state index is 5.51. The van der Waals surface area contributed by atoms with Crippen LogP contribution in [-0.2, 0) is 6.42 Å². The van der Waals surface area contributed by atoms with Crippen molar-refractivity contribution in [2.24, 2.45) is 0 Å². The van der Waals surface area contributed by atoms with Crippen molar-refractivity contribution in [3.05, 3.63) is 59.4 Å². The molecule has 0 unspecified atom stereocenters. The van der Waals surface area contributed by atoms with Gasteiger partial charge >= 0.3 is 0 Å². The molecule has 0 bridgehead atoms. The van der Waals surface area contributed by atoms with Crippen LogP contribution in [-0.4, -0.2) is 11.6 Å². The van der Waals surface area contributed by atoms with Gasteiger partial charge in [0.2, 0.25) is 0 Å². The fourth-order valence-electron chi connectivity index (χ4n) is 2.03. The van der Waals surface area contributed by atoms with Gasteiger partial charge in [0.1, 0.15) is 11.4 Å². The number of hydrogen-bond donors (Lipinski definition) is 0. The van der Waals surface area contributed by atoms with Crippen LogP contribution in [0.1, 0.15) is 49.9 Å². The van der Waals surface area contributed by atoms with Gasteiger partial charge in [0.15, 0.2) is 0 Å². The van der Waals surface area contributed by atoms with Crippen LogP contribution in [0.2, 0.25) is 0 Å². The fraction of sp³-hybridized carbons (Fsp3) is 0.350. The van der Waals surface area contributed by atoms with Crippen molar-refractivity contribution in [3.8, 4) is 17.6 Å². The van der Waals surface area contributed by atoms with E-state index in [4.69, 9.17) is 4.74 Å². The van der Waals surface area contributed by atoms with Crippen LogP contribution in [0.25, 0.3) is 0 Å². The van der Waals surface area contributed by atoms with E-state index in [0.717, 1.165) is 36.5 Å². The van der Waals surface area contributed by atoms with E-state index in [-0.39, 0.29) is 0 Å². The van der Waals surface area contributed by atoms with E-state index in [0.29, 0.717) is 0 Å². The van der Waals surface area contributed by atoms with Crippen molar-refractivity contribution in [2.45, 2.75) is 39.5 Å². The van der Waals surface area contributed by atoms with Crippen LogP contribution in [0, 0.1) is 11.8 Å². The lowest BCUT2D eigenvalue weighted by atomic mass is 10.1. The molecule has 0 fully saturated rings. The number of benzene rings is 1. The highest BCUT2D eigenvalue weighted by atomic mass is 16.5. The van der Waals surface area contributed by atoms with Crippen LogP contribution in [0.15, 0.2) is 42.6 Å². The first-order valence-corrected chi connectivity index (χ1v) is 8.01. The molecule has 0 amide bonds. The molecule has 1 aromatic carbocycles. The molecule has 0 radical (unpaired) electrons. The summed E-state index contributed by atoms with van der Waals surface area (Å²) in [4.78, 5) is 4.31. The zero-order valence-corrected chi connectivity index (χ0v) is 13.4. The van der Waals surface area contributed by atoms with Crippen LogP contribution >= 0.6 is 0 Å². The zero-order valence-electron chi connectivity index (χ0n) is 13.4. The third-order valence-electron chi connectivity index (χ3n) is 3.32. The van der Waals surface area contributed by atoms with E-state index in [1.165, 1.54) is 18.4 Å². The lowest BCUT2D eigenvalue weighted by molar-refractivity contribution is 0.316. The Kier molecular flexibility index (Phi) is 6.51. The van der Waals surface area contributed by atoms with Gasteiger partial charge in [-0.05, 0) is 55.0 Å². The third-order valence-corrected chi connectivity index (χ3v) is 3.32. The lowest BCUT2D eigenvalue weighted by Crippen LogP contribution is -1.95.